The van der Waals surface area contributed by atoms with Crippen LogP contribution in [0.5, 0.6) is 0 Å². The Labute approximate surface area is 315 Å². The molecule has 14 nitrogen and oxygen atoms in total. The Morgan fingerprint density at radius 1 is 0.755 bits per heavy atom. The average molecular weight is 741 g/mol. The van der Waals surface area contributed by atoms with E-state index in [1.54, 1.807) is 85.3 Å². The van der Waals surface area contributed by atoms with E-state index in [1.165, 1.54) is 25.7 Å². The summed E-state index contributed by atoms with van der Waals surface area (Å²) in [6, 6.07) is 7.37. The highest BCUT2D eigenvalue weighted by atomic mass is 35.5. The highest BCUT2D eigenvalue weighted by Gasteiger charge is 2.42. The maximum Gasteiger partial charge on any atom is 0.249 e. The van der Waals surface area contributed by atoms with Crippen LogP contribution in [0.2, 0.25) is 5.28 Å². The van der Waals surface area contributed by atoms with Gasteiger partial charge in [0.15, 0.2) is 11.6 Å². The second-order valence-electron chi connectivity index (χ2n) is 13.8. The van der Waals surface area contributed by atoms with Crippen molar-refractivity contribution in [2.45, 2.75) is 102 Å². The van der Waals surface area contributed by atoms with Crippen LogP contribution in [0, 0.1) is 5.41 Å². The number of halogens is 1. The van der Waals surface area contributed by atoms with E-state index in [0.29, 0.717) is 23.4 Å². The van der Waals surface area contributed by atoms with Crippen LogP contribution < -0.4 is 30.7 Å². The summed E-state index contributed by atoms with van der Waals surface area (Å²) in [5, 5.41) is 8.33. The smallest absolute Gasteiger partial charge is 0.249 e. The van der Waals surface area contributed by atoms with Gasteiger partial charge in [0.05, 0.1) is 17.8 Å². The number of amides is 2. The zero-order valence-corrected chi connectivity index (χ0v) is 31.7. The summed E-state index contributed by atoms with van der Waals surface area (Å²) in [5.41, 5.74) is 7.61. The molecule has 3 N–H and O–H groups in total. The average Bonchev–Trinajstić information content (AvgIpc) is 3.91. The molecule has 4 aromatic heterocycles. The number of nitrogens with two attached hydrogens (primary N) is 1. The Bertz CT molecular complexity index is 1930. The molecule has 2 amide bonds. The van der Waals surface area contributed by atoms with Crippen LogP contribution >= 0.6 is 11.6 Å². The molecule has 0 unspecified atom stereocenters. The number of hydrogen-bond donors (Lipinski definition) is 2. The Morgan fingerprint density at radius 2 is 1.23 bits per heavy atom. The van der Waals surface area contributed by atoms with Gasteiger partial charge in [0.2, 0.25) is 23.0 Å². The Balaban J connectivity index is 0.000000157. The van der Waals surface area contributed by atoms with Crippen molar-refractivity contribution in [1.82, 2.24) is 29.5 Å². The third-order valence-electron chi connectivity index (χ3n) is 10.5. The standard InChI is InChI=1S/C19H24N6O.C14H19ClN4O.C5H6N2/c1-3-15-18(26)23(2)16-12-21-19(24-10-8-13(20)9-11-24)22-17(16)25(15)14-6-4-5-7-14;1-3-10-13(20)18(2)11-8-16-14(15)17-12(11)19(10)9-6-4-5-7-9;6-5-1-3-7-4-2-5/h8-12,14-15,20H,3-7H2,1-2H3;8-10H,3-7H2,1-2H3;1-4H,(H2,6,7)/t15-;10-;/m11./s1. The molecule has 0 saturated heterocycles. The highest BCUT2D eigenvalue weighted by molar-refractivity contribution is 6.28. The van der Waals surface area contributed by atoms with Crippen LogP contribution in [0.4, 0.5) is 28.7 Å². The molecule has 4 aliphatic rings. The van der Waals surface area contributed by atoms with Crippen LogP contribution in [0.1, 0.15) is 78.1 Å². The first-order chi connectivity index (χ1) is 25.6. The number of fused-ring (bicyclic) bond motifs is 2. The van der Waals surface area contributed by atoms with Gasteiger partial charge in [-0.3, -0.25) is 19.1 Å². The van der Waals surface area contributed by atoms with Crippen molar-refractivity contribution in [1.29, 1.82) is 5.41 Å². The summed E-state index contributed by atoms with van der Waals surface area (Å²) in [4.78, 5) is 54.7. The number of pyridine rings is 2. The van der Waals surface area contributed by atoms with E-state index in [0.717, 1.165) is 67.2 Å². The molecular formula is C38H49ClN12O2. The number of hydrogen-bond acceptors (Lipinski definition) is 11. The molecule has 8 rings (SSSR count). The summed E-state index contributed by atoms with van der Waals surface area (Å²) >= 11 is 5.97. The molecule has 15 heteroatoms. The number of nitrogen functional groups attached to an aromatic ring is 1. The molecule has 53 heavy (non-hydrogen) atoms. The van der Waals surface area contributed by atoms with Crippen LogP contribution in [0.3, 0.4) is 0 Å². The molecule has 0 spiro atoms. The third-order valence-corrected chi connectivity index (χ3v) is 10.7. The Kier molecular flexibility index (Phi) is 11.9. The molecule has 0 bridgehead atoms. The zero-order chi connectivity index (χ0) is 37.6. The number of rotatable bonds is 5. The monoisotopic (exact) mass is 740 g/mol. The van der Waals surface area contributed by atoms with E-state index in [1.807, 2.05) is 11.5 Å². The zero-order valence-electron chi connectivity index (χ0n) is 30.9. The van der Waals surface area contributed by atoms with E-state index in [-0.39, 0.29) is 29.2 Å². The number of aromatic nitrogens is 6. The van der Waals surface area contributed by atoms with Gasteiger partial charge in [0.25, 0.3) is 0 Å². The summed E-state index contributed by atoms with van der Waals surface area (Å²) < 4.78 is 1.81. The molecular weight excluding hydrogens is 692 g/mol. The third kappa shape index (κ3) is 7.97. The molecule has 4 aromatic rings. The van der Waals surface area contributed by atoms with Crippen molar-refractivity contribution >= 4 is 52.1 Å². The summed E-state index contributed by atoms with van der Waals surface area (Å²) in [7, 11) is 3.59. The van der Waals surface area contributed by atoms with Gasteiger partial charge in [0, 0.05) is 56.7 Å². The first-order valence-corrected chi connectivity index (χ1v) is 18.9. The SMILES string of the molecule is CC[C@@H]1C(=O)N(C)c2cnc(-n3ccc(=N)cc3)nc2N1C1CCCC1.CC[C@@H]1C(=O)N(C)c2cnc(Cl)nc2N1C1CCCC1.Nc1ccncc1. The lowest BCUT2D eigenvalue weighted by molar-refractivity contribution is -0.120. The predicted molar refractivity (Wildman–Crippen MR) is 207 cm³/mol. The Hall–Kier alpha value is -5.11. The number of likely N-dealkylation sites (N-methyl/N-ethyl adjacent to an activating group) is 2. The fourth-order valence-electron chi connectivity index (χ4n) is 7.78. The lowest BCUT2D eigenvalue weighted by Gasteiger charge is -2.43. The van der Waals surface area contributed by atoms with E-state index >= 15 is 0 Å². The van der Waals surface area contributed by atoms with E-state index in [2.05, 4.69) is 36.7 Å². The predicted octanol–water partition coefficient (Wildman–Crippen LogP) is 5.55. The fraction of sp³-hybridized carbons (Fsp3) is 0.474. The Morgan fingerprint density at radius 3 is 1.68 bits per heavy atom. The van der Waals surface area contributed by atoms with Crippen molar-refractivity contribution in [2.75, 3.05) is 39.4 Å². The molecule has 280 valence electrons. The molecule has 6 heterocycles. The number of carbonyl (C=O) groups is 2. The first kappa shape index (κ1) is 37.6. The van der Waals surface area contributed by atoms with E-state index in [9.17, 15) is 9.59 Å². The molecule has 2 atom stereocenters. The van der Waals surface area contributed by atoms with Crippen molar-refractivity contribution in [2.24, 2.45) is 0 Å². The molecule has 2 aliphatic carbocycles. The van der Waals surface area contributed by atoms with Crippen molar-refractivity contribution in [3.63, 3.8) is 0 Å². The number of carbonyl (C=O) groups excluding carboxylic acids is 2. The summed E-state index contributed by atoms with van der Waals surface area (Å²) in [6.07, 6.45) is 21.1. The van der Waals surface area contributed by atoms with Crippen LogP contribution in [0.25, 0.3) is 5.95 Å². The van der Waals surface area contributed by atoms with Gasteiger partial charge in [-0.2, -0.15) is 9.97 Å². The van der Waals surface area contributed by atoms with E-state index < -0.39 is 0 Å². The summed E-state index contributed by atoms with van der Waals surface area (Å²) in [6.45, 7) is 4.11. The minimum atomic E-state index is -0.168. The van der Waals surface area contributed by atoms with Gasteiger partial charge in [-0.15, -0.1) is 0 Å². The second kappa shape index (κ2) is 16.7. The lowest BCUT2D eigenvalue weighted by Crippen LogP contribution is -2.55. The minimum absolute atomic E-state index is 0.120. The molecule has 2 aliphatic heterocycles. The molecule has 2 saturated carbocycles. The van der Waals surface area contributed by atoms with Crippen LogP contribution in [-0.4, -0.2) is 79.6 Å². The van der Waals surface area contributed by atoms with Gasteiger partial charge >= 0.3 is 0 Å². The van der Waals surface area contributed by atoms with Gasteiger partial charge < -0.3 is 30.7 Å². The number of nitrogens with zero attached hydrogens (tertiary/aromatic N) is 10. The van der Waals surface area contributed by atoms with Crippen molar-refractivity contribution < 1.29 is 9.59 Å². The second-order valence-corrected chi connectivity index (χ2v) is 14.2. The van der Waals surface area contributed by atoms with E-state index in [4.69, 9.17) is 27.7 Å². The topological polar surface area (TPSA) is 166 Å². The van der Waals surface area contributed by atoms with Crippen molar-refractivity contribution in [3.05, 3.63) is 72.1 Å². The number of nitrogens with one attached hydrogen (secondary N) is 1. The first-order valence-electron chi connectivity index (χ1n) is 18.5. The summed E-state index contributed by atoms with van der Waals surface area (Å²) in [5.74, 6) is 2.46. The fourth-order valence-corrected chi connectivity index (χ4v) is 7.91. The van der Waals surface area contributed by atoms with Crippen molar-refractivity contribution in [3.8, 4) is 5.95 Å². The number of anilines is 5. The largest absolute Gasteiger partial charge is 0.399 e. The molecule has 0 radical (unpaired) electrons. The normalized spacial score (nSPS) is 20.0. The van der Waals surface area contributed by atoms with Gasteiger partial charge in [-0.1, -0.05) is 39.5 Å². The lowest BCUT2D eigenvalue weighted by atomic mass is 10.0. The highest BCUT2D eigenvalue weighted by Crippen LogP contribution is 2.41. The quantitative estimate of drug-likeness (QED) is 0.248. The van der Waals surface area contributed by atoms with Gasteiger partial charge in [0.1, 0.15) is 23.5 Å². The maximum atomic E-state index is 12.9. The molecule has 2 fully saturated rings. The molecule has 0 aromatic carbocycles. The van der Waals surface area contributed by atoms with Crippen LogP contribution in [-0.2, 0) is 9.59 Å². The van der Waals surface area contributed by atoms with Gasteiger partial charge in [-0.05, 0) is 74.4 Å². The maximum absolute atomic E-state index is 12.9. The minimum Gasteiger partial charge on any atom is -0.399 e. The van der Waals surface area contributed by atoms with Crippen LogP contribution in [0.15, 0.2) is 61.4 Å². The van der Waals surface area contributed by atoms with Gasteiger partial charge in [-0.25, -0.2) is 9.97 Å².